The molecule has 1 aliphatic heterocycles. The Hall–Kier alpha value is -3.70. The van der Waals surface area contributed by atoms with E-state index in [-0.39, 0.29) is 22.9 Å². The lowest BCUT2D eigenvalue weighted by molar-refractivity contribution is 0.103. The van der Waals surface area contributed by atoms with Crippen LogP contribution in [-0.4, -0.2) is 12.7 Å². The molecule has 2 aromatic carbocycles. The molecule has 0 atom stereocenters. The number of nitrogens with one attached hydrogen (secondary N) is 2. The van der Waals surface area contributed by atoms with E-state index in [0.29, 0.717) is 22.2 Å². The maximum Gasteiger partial charge on any atom is 0.267 e. The van der Waals surface area contributed by atoms with E-state index in [1.165, 1.54) is 0 Å². The number of anilines is 4. The number of carbonyl (C=O) groups is 1. The van der Waals surface area contributed by atoms with E-state index in [9.17, 15) is 10.1 Å². The summed E-state index contributed by atoms with van der Waals surface area (Å²) in [6.45, 7) is 0.157. The normalized spacial score (nSPS) is 11.7. The van der Waals surface area contributed by atoms with Gasteiger partial charge in [0.15, 0.2) is 11.5 Å². The number of amides is 1. The standard InChI is InChI=1S/C19H14N4O3S/c20-9-13-16(21)17(27-19(13)23-11-4-2-1-3-5-11)18(24)22-12-6-7-14-15(8-12)26-10-25-14/h1-8,23H,10,21H2,(H,22,24). The summed E-state index contributed by atoms with van der Waals surface area (Å²) in [6.07, 6.45) is 0. The number of hydrogen-bond acceptors (Lipinski definition) is 7. The summed E-state index contributed by atoms with van der Waals surface area (Å²) in [5.74, 6) is 0.801. The van der Waals surface area contributed by atoms with E-state index in [4.69, 9.17) is 15.2 Å². The van der Waals surface area contributed by atoms with Gasteiger partial charge >= 0.3 is 0 Å². The minimum absolute atomic E-state index is 0.152. The molecule has 0 aliphatic carbocycles. The number of nitrogens with zero attached hydrogens (tertiary/aromatic N) is 1. The van der Waals surface area contributed by atoms with Crippen LogP contribution >= 0.6 is 11.3 Å². The van der Waals surface area contributed by atoms with Gasteiger partial charge in [-0.3, -0.25) is 4.79 Å². The van der Waals surface area contributed by atoms with Gasteiger partial charge in [-0.1, -0.05) is 18.2 Å². The minimum Gasteiger partial charge on any atom is -0.454 e. The van der Waals surface area contributed by atoms with Crippen molar-refractivity contribution in [2.75, 3.05) is 23.2 Å². The van der Waals surface area contributed by atoms with Gasteiger partial charge in [-0.25, -0.2) is 0 Å². The number of thiophene rings is 1. The smallest absolute Gasteiger partial charge is 0.267 e. The predicted octanol–water partition coefficient (Wildman–Crippen LogP) is 3.93. The van der Waals surface area contributed by atoms with Crippen molar-refractivity contribution in [3.8, 4) is 17.6 Å². The number of hydrogen-bond donors (Lipinski definition) is 3. The molecule has 4 rings (SSSR count). The molecule has 0 radical (unpaired) electrons. The van der Waals surface area contributed by atoms with E-state index in [0.717, 1.165) is 17.0 Å². The Kier molecular flexibility index (Phi) is 4.28. The molecule has 1 amide bonds. The highest BCUT2D eigenvalue weighted by Crippen LogP contribution is 2.38. The summed E-state index contributed by atoms with van der Waals surface area (Å²) < 4.78 is 10.6. The Morgan fingerprint density at radius 3 is 2.67 bits per heavy atom. The predicted molar refractivity (Wildman–Crippen MR) is 104 cm³/mol. The number of nitriles is 1. The molecule has 0 saturated heterocycles. The second-order valence-electron chi connectivity index (χ2n) is 5.67. The molecule has 3 aromatic rings. The van der Waals surface area contributed by atoms with Gasteiger partial charge in [0.25, 0.3) is 5.91 Å². The summed E-state index contributed by atoms with van der Waals surface area (Å²) in [5.41, 5.74) is 7.81. The zero-order valence-corrected chi connectivity index (χ0v) is 14.8. The lowest BCUT2D eigenvalue weighted by Gasteiger charge is -2.05. The number of nitrogens with two attached hydrogens (primary N) is 1. The molecular weight excluding hydrogens is 364 g/mol. The number of rotatable bonds is 4. The molecule has 0 spiro atoms. The molecule has 0 bridgehead atoms. The van der Waals surface area contributed by atoms with Crippen LogP contribution in [0.1, 0.15) is 15.2 Å². The summed E-state index contributed by atoms with van der Waals surface area (Å²) in [5, 5.41) is 15.9. The largest absolute Gasteiger partial charge is 0.454 e. The average molecular weight is 378 g/mol. The highest BCUT2D eigenvalue weighted by molar-refractivity contribution is 7.19. The van der Waals surface area contributed by atoms with Crippen LogP contribution in [0.15, 0.2) is 48.5 Å². The van der Waals surface area contributed by atoms with Crippen LogP contribution in [0.4, 0.5) is 22.1 Å². The second-order valence-corrected chi connectivity index (χ2v) is 6.69. The van der Waals surface area contributed by atoms with Gasteiger partial charge in [-0.15, -0.1) is 11.3 Å². The maximum atomic E-state index is 12.7. The van der Waals surface area contributed by atoms with Crippen LogP contribution in [0.2, 0.25) is 0 Å². The molecule has 27 heavy (non-hydrogen) atoms. The first-order valence-electron chi connectivity index (χ1n) is 8.01. The number of carbonyl (C=O) groups excluding carboxylic acids is 1. The molecule has 0 unspecified atom stereocenters. The van der Waals surface area contributed by atoms with Gasteiger partial charge in [-0.2, -0.15) is 5.26 Å². The third kappa shape index (κ3) is 3.23. The Bertz CT molecular complexity index is 1060. The van der Waals surface area contributed by atoms with Crippen LogP contribution in [0.25, 0.3) is 0 Å². The van der Waals surface area contributed by atoms with Crippen molar-refractivity contribution in [3.63, 3.8) is 0 Å². The molecule has 2 heterocycles. The van der Waals surface area contributed by atoms with Crippen LogP contribution in [0.5, 0.6) is 11.5 Å². The average Bonchev–Trinajstić information content (AvgIpc) is 3.26. The van der Waals surface area contributed by atoms with Crippen LogP contribution in [-0.2, 0) is 0 Å². The molecule has 4 N–H and O–H groups in total. The quantitative estimate of drug-likeness (QED) is 0.635. The Morgan fingerprint density at radius 2 is 1.89 bits per heavy atom. The third-order valence-corrected chi connectivity index (χ3v) is 5.05. The summed E-state index contributed by atoms with van der Waals surface area (Å²) in [7, 11) is 0. The topological polar surface area (TPSA) is 109 Å². The first kappa shape index (κ1) is 16.8. The zero-order valence-electron chi connectivity index (χ0n) is 14.0. The molecule has 8 heteroatoms. The van der Waals surface area contributed by atoms with Gasteiger partial charge in [0.05, 0.1) is 5.69 Å². The lowest BCUT2D eigenvalue weighted by Crippen LogP contribution is -2.12. The van der Waals surface area contributed by atoms with E-state index >= 15 is 0 Å². The van der Waals surface area contributed by atoms with Gasteiger partial charge in [0.1, 0.15) is 21.5 Å². The van der Waals surface area contributed by atoms with E-state index < -0.39 is 5.91 Å². The molecule has 7 nitrogen and oxygen atoms in total. The van der Waals surface area contributed by atoms with Crippen LogP contribution in [0.3, 0.4) is 0 Å². The number of ether oxygens (including phenoxy) is 2. The first-order valence-corrected chi connectivity index (χ1v) is 8.83. The van der Waals surface area contributed by atoms with E-state index in [1.54, 1.807) is 18.2 Å². The summed E-state index contributed by atoms with van der Waals surface area (Å²) in [4.78, 5) is 12.9. The van der Waals surface area contributed by atoms with Crippen molar-refractivity contribution >= 4 is 39.3 Å². The highest BCUT2D eigenvalue weighted by atomic mass is 32.1. The maximum absolute atomic E-state index is 12.7. The third-order valence-electron chi connectivity index (χ3n) is 3.93. The Balaban J connectivity index is 1.59. The van der Waals surface area contributed by atoms with Crippen molar-refractivity contribution in [1.82, 2.24) is 0 Å². The van der Waals surface area contributed by atoms with E-state index in [2.05, 4.69) is 16.7 Å². The zero-order chi connectivity index (χ0) is 18.8. The number of fused-ring (bicyclic) bond motifs is 1. The van der Waals surface area contributed by atoms with Crippen molar-refractivity contribution in [2.24, 2.45) is 0 Å². The van der Waals surface area contributed by atoms with Crippen molar-refractivity contribution in [1.29, 1.82) is 5.26 Å². The first-order chi connectivity index (χ1) is 13.2. The lowest BCUT2D eigenvalue weighted by atomic mass is 10.2. The molecule has 1 aliphatic rings. The molecule has 1 aromatic heterocycles. The van der Waals surface area contributed by atoms with Crippen molar-refractivity contribution in [2.45, 2.75) is 0 Å². The Labute approximate surface area is 158 Å². The number of nitrogen functional groups attached to an aromatic ring is 1. The van der Waals surface area contributed by atoms with Crippen molar-refractivity contribution < 1.29 is 14.3 Å². The fourth-order valence-corrected chi connectivity index (χ4v) is 3.61. The Morgan fingerprint density at radius 1 is 1.11 bits per heavy atom. The fourth-order valence-electron chi connectivity index (χ4n) is 2.63. The van der Waals surface area contributed by atoms with Crippen LogP contribution < -0.4 is 25.8 Å². The SMILES string of the molecule is N#Cc1c(Nc2ccccc2)sc(C(=O)Nc2ccc3c(c2)OCO3)c1N. The second kappa shape index (κ2) is 6.90. The molecular formula is C19H14N4O3S. The summed E-state index contributed by atoms with van der Waals surface area (Å²) in [6, 6.07) is 16.5. The molecule has 0 fully saturated rings. The van der Waals surface area contributed by atoms with Crippen molar-refractivity contribution in [3.05, 3.63) is 59.0 Å². The fraction of sp³-hybridized carbons (Fsp3) is 0.0526. The van der Waals surface area contributed by atoms with Gasteiger partial charge < -0.3 is 25.8 Å². The number of para-hydroxylation sites is 1. The molecule has 0 saturated carbocycles. The monoisotopic (exact) mass is 378 g/mol. The van der Waals surface area contributed by atoms with E-state index in [1.807, 2.05) is 30.3 Å². The highest BCUT2D eigenvalue weighted by Gasteiger charge is 2.22. The molecule has 134 valence electrons. The van der Waals surface area contributed by atoms with Crippen LogP contribution in [0, 0.1) is 11.3 Å². The van der Waals surface area contributed by atoms with Gasteiger partial charge in [0.2, 0.25) is 6.79 Å². The number of benzene rings is 2. The van der Waals surface area contributed by atoms with Gasteiger partial charge in [-0.05, 0) is 24.3 Å². The summed E-state index contributed by atoms with van der Waals surface area (Å²) >= 11 is 1.13. The van der Waals surface area contributed by atoms with Gasteiger partial charge in [0, 0.05) is 17.4 Å². The minimum atomic E-state index is -0.394.